The summed E-state index contributed by atoms with van der Waals surface area (Å²) in [6.45, 7) is 1.37. The molecule has 3 amide bonds. The maximum Gasteiger partial charge on any atom is 0.326 e. The largest absolute Gasteiger partial charge is 0.480 e. The van der Waals surface area contributed by atoms with Gasteiger partial charge in [-0.05, 0) is 17.7 Å². The smallest absolute Gasteiger partial charge is 0.326 e. The Kier molecular flexibility index (Phi) is 8.17. The molecule has 3 rings (SSSR count). The topological polar surface area (TPSA) is 129 Å². The summed E-state index contributed by atoms with van der Waals surface area (Å²) in [4.78, 5) is 53.7. The Balaban J connectivity index is 1.64. The average molecular weight is 511 g/mol. The van der Waals surface area contributed by atoms with Crippen LogP contribution in [0.3, 0.4) is 0 Å². The Morgan fingerprint density at radius 2 is 1.82 bits per heavy atom. The number of thioether (sulfide) groups is 1. The van der Waals surface area contributed by atoms with Crippen LogP contribution in [0.15, 0.2) is 36.7 Å². The van der Waals surface area contributed by atoms with Crippen molar-refractivity contribution in [2.45, 2.75) is 25.4 Å². The maximum absolute atomic E-state index is 12.6. The van der Waals surface area contributed by atoms with Crippen molar-refractivity contribution in [2.24, 2.45) is 0 Å². The minimum atomic E-state index is -1.19. The predicted octanol–water partition coefficient (Wildman–Crippen LogP) is 2.67. The number of nitrogens with one attached hydrogen (secondary N) is 2. The summed E-state index contributed by atoms with van der Waals surface area (Å²) >= 11 is 13.4. The van der Waals surface area contributed by atoms with Gasteiger partial charge in [-0.15, -0.1) is 11.8 Å². The number of carboxylic acid groups (broad SMARTS) is 1. The molecule has 12 heteroatoms. The molecule has 0 unspecified atom stereocenters. The zero-order valence-corrected chi connectivity index (χ0v) is 19.7. The lowest BCUT2D eigenvalue weighted by molar-refractivity contribution is -0.143. The Hall–Kier alpha value is -2.82. The molecule has 0 spiro atoms. The van der Waals surface area contributed by atoms with E-state index in [1.54, 1.807) is 24.3 Å². The summed E-state index contributed by atoms with van der Waals surface area (Å²) in [5, 5.41) is 15.0. The van der Waals surface area contributed by atoms with Crippen LogP contribution < -0.4 is 10.6 Å². The number of halogens is 2. The zero-order valence-electron chi connectivity index (χ0n) is 17.4. The highest BCUT2D eigenvalue weighted by Gasteiger charge is 2.35. The van der Waals surface area contributed by atoms with Crippen molar-refractivity contribution >= 4 is 64.3 Å². The first kappa shape index (κ1) is 24.8. The number of hydrogen-bond acceptors (Lipinski definition) is 6. The Labute approximate surface area is 203 Å². The number of hydrogen-bond donors (Lipinski definition) is 3. The lowest BCUT2D eigenvalue weighted by atomic mass is 10.0. The lowest BCUT2D eigenvalue weighted by Gasteiger charge is -2.23. The molecule has 1 aromatic heterocycles. The van der Waals surface area contributed by atoms with E-state index in [-0.39, 0.29) is 27.9 Å². The predicted molar refractivity (Wildman–Crippen MR) is 126 cm³/mol. The van der Waals surface area contributed by atoms with Crippen LogP contribution in [0.4, 0.5) is 5.69 Å². The van der Waals surface area contributed by atoms with Crippen molar-refractivity contribution in [2.75, 3.05) is 16.9 Å². The van der Waals surface area contributed by atoms with Gasteiger partial charge in [0.05, 0.1) is 21.5 Å². The molecule has 0 saturated carbocycles. The van der Waals surface area contributed by atoms with Gasteiger partial charge >= 0.3 is 5.97 Å². The van der Waals surface area contributed by atoms with Gasteiger partial charge in [-0.25, -0.2) is 4.79 Å². The fourth-order valence-electron chi connectivity index (χ4n) is 3.22. The van der Waals surface area contributed by atoms with Crippen molar-refractivity contribution in [3.63, 3.8) is 0 Å². The number of rotatable bonds is 7. The number of carbonyl (C=O) groups excluding carboxylic acids is 3. The number of carboxylic acids is 1. The van der Waals surface area contributed by atoms with E-state index in [2.05, 4.69) is 15.6 Å². The standard InChI is InChI=1S/C21H20Cl2N4O5S/c1-11(28)27-10-33-9-17(27)19(29)26-16(21(31)32)6-12-2-4-13(5-3-12)25-20(30)18-14(22)7-24-8-15(18)23/h2-5,7-8,16-17H,6,9-10H2,1H3,(H,25,30)(H,26,29)(H,31,32)/t16-,17+/m0/s1. The van der Waals surface area contributed by atoms with Gasteiger partial charge in [-0.2, -0.15) is 0 Å². The van der Waals surface area contributed by atoms with E-state index in [9.17, 15) is 24.3 Å². The molecule has 3 N–H and O–H groups in total. The summed E-state index contributed by atoms with van der Waals surface area (Å²) in [7, 11) is 0. The number of carbonyl (C=O) groups is 4. The molecule has 0 bridgehead atoms. The first-order chi connectivity index (χ1) is 15.7. The second kappa shape index (κ2) is 10.9. The van der Waals surface area contributed by atoms with Gasteiger partial charge in [0, 0.05) is 37.2 Å². The number of aliphatic carboxylic acids is 1. The van der Waals surface area contributed by atoms with E-state index in [0.29, 0.717) is 22.9 Å². The molecular formula is C21H20Cl2N4O5S. The van der Waals surface area contributed by atoms with Gasteiger partial charge < -0.3 is 20.6 Å². The van der Waals surface area contributed by atoms with Crippen molar-refractivity contribution in [3.05, 3.63) is 57.8 Å². The maximum atomic E-state index is 12.6. The number of amides is 3. The van der Waals surface area contributed by atoms with Crippen LogP contribution in [-0.2, 0) is 20.8 Å². The third-order valence-corrected chi connectivity index (χ3v) is 6.52. The Morgan fingerprint density at radius 3 is 2.39 bits per heavy atom. The molecule has 1 aromatic carbocycles. The molecular weight excluding hydrogens is 491 g/mol. The van der Waals surface area contributed by atoms with Gasteiger partial charge in [0.25, 0.3) is 5.91 Å². The van der Waals surface area contributed by atoms with E-state index in [1.807, 2.05) is 0 Å². The number of pyridine rings is 1. The van der Waals surface area contributed by atoms with Crippen LogP contribution in [0.5, 0.6) is 0 Å². The summed E-state index contributed by atoms with van der Waals surface area (Å²) in [5.41, 5.74) is 1.17. The molecule has 0 aliphatic carbocycles. The normalized spacial score (nSPS) is 16.2. The average Bonchev–Trinajstić information content (AvgIpc) is 3.25. The molecule has 2 atom stereocenters. The first-order valence-corrected chi connectivity index (χ1v) is 11.7. The van der Waals surface area contributed by atoms with Crippen molar-refractivity contribution < 1.29 is 24.3 Å². The van der Waals surface area contributed by atoms with Crippen LogP contribution in [0.1, 0.15) is 22.8 Å². The minimum Gasteiger partial charge on any atom is -0.480 e. The highest BCUT2D eigenvalue weighted by Crippen LogP contribution is 2.24. The summed E-state index contributed by atoms with van der Waals surface area (Å²) < 4.78 is 0. The second-order valence-electron chi connectivity index (χ2n) is 7.24. The zero-order chi connectivity index (χ0) is 24.1. The third kappa shape index (κ3) is 6.16. The quantitative estimate of drug-likeness (QED) is 0.522. The SMILES string of the molecule is CC(=O)N1CSC[C@@H]1C(=O)N[C@@H](Cc1ccc(NC(=O)c2c(Cl)cncc2Cl)cc1)C(=O)O. The Bertz CT molecular complexity index is 1060. The lowest BCUT2D eigenvalue weighted by Crippen LogP contribution is -2.52. The Morgan fingerprint density at radius 1 is 1.18 bits per heavy atom. The monoisotopic (exact) mass is 510 g/mol. The van der Waals surface area contributed by atoms with Gasteiger partial charge in [0.15, 0.2) is 0 Å². The van der Waals surface area contributed by atoms with Crippen LogP contribution in [-0.4, -0.2) is 62.4 Å². The molecule has 174 valence electrons. The van der Waals surface area contributed by atoms with E-state index in [1.165, 1.54) is 36.0 Å². The number of benzene rings is 1. The van der Waals surface area contributed by atoms with Crippen molar-refractivity contribution in [3.8, 4) is 0 Å². The molecule has 9 nitrogen and oxygen atoms in total. The van der Waals surface area contributed by atoms with Crippen LogP contribution >= 0.6 is 35.0 Å². The summed E-state index contributed by atoms with van der Waals surface area (Å²) in [5.74, 6) is -1.63. The van der Waals surface area contributed by atoms with E-state index in [4.69, 9.17) is 23.2 Å². The first-order valence-electron chi connectivity index (χ1n) is 9.74. The molecule has 1 saturated heterocycles. The summed E-state index contributed by atoms with van der Waals surface area (Å²) in [6.07, 6.45) is 2.65. The summed E-state index contributed by atoms with van der Waals surface area (Å²) in [6, 6.07) is 4.61. The minimum absolute atomic E-state index is 0.0250. The molecule has 1 fully saturated rings. The highest BCUT2D eigenvalue weighted by molar-refractivity contribution is 7.99. The van der Waals surface area contributed by atoms with Crippen LogP contribution in [0.25, 0.3) is 0 Å². The van der Waals surface area contributed by atoms with E-state index < -0.39 is 29.9 Å². The van der Waals surface area contributed by atoms with Gasteiger partial charge in [0.1, 0.15) is 12.1 Å². The fraction of sp³-hybridized carbons (Fsp3) is 0.286. The van der Waals surface area contributed by atoms with Gasteiger partial charge in [-0.1, -0.05) is 35.3 Å². The number of aromatic nitrogens is 1. The molecule has 33 heavy (non-hydrogen) atoms. The number of anilines is 1. The molecule has 2 aromatic rings. The van der Waals surface area contributed by atoms with E-state index in [0.717, 1.165) is 0 Å². The molecule has 1 aliphatic rings. The van der Waals surface area contributed by atoms with Crippen molar-refractivity contribution in [1.82, 2.24) is 15.2 Å². The van der Waals surface area contributed by atoms with Gasteiger partial charge in [0.2, 0.25) is 11.8 Å². The van der Waals surface area contributed by atoms with Crippen molar-refractivity contribution in [1.29, 1.82) is 0 Å². The van der Waals surface area contributed by atoms with Gasteiger partial charge in [-0.3, -0.25) is 19.4 Å². The number of nitrogens with zero attached hydrogens (tertiary/aromatic N) is 2. The molecule has 2 heterocycles. The fourth-order valence-corrected chi connectivity index (χ4v) is 4.97. The molecule has 1 aliphatic heterocycles. The van der Waals surface area contributed by atoms with Crippen LogP contribution in [0, 0.1) is 0 Å². The second-order valence-corrected chi connectivity index (χ2v) is 9.05. The highest BCUT2D eigenvalue weighted by atomic mass is 35.5. The van der Waals surface area contributed by atoms with Crippen LogP contribution in [0.2, 0.25) is 10.0 Å². The third-order valence-electron chi connectivity index (χ3n) is 4.94. The van der Waals surface area contributed by atoms with E-state index >= 15 is 0 Å². The molecule has 0 radical (unpaired) electrons.